The predicted molar refractivity (Wildman–Crippen MR) is 67.1 cm³/mol. The largest absolute Gasteiger partial charge is 0.369 e. The van der Waals surface area contributed by atoms with Gasteiger partial charge in [0.15, 0.2) is 0 Å². The molecule has 0 amide bonds. The summed E-state index contributed by atoms with van der Waals surface area (Å²) in [5, 5.41) is 7.92. The van der Waals surface area contributed by atoms with E-state index in [1.165, 1.54) is 6.21 Å². The highest BCUT2D eigenvalue weighted by atomic mass is 35.5. The lowest BCUT2D eigenvalue weighted by atomic mass is 10.2. The third-order valence-electron chi connectivity index (χ3n) is 1.35. The molecular formula is C8H9Cl3N4. The van der Waals surface area contributed by atoms with E-state index in [0.29, 0.717) is 15.6 Å². The molecule has 1 aromatic rings. The zero-order chi connectivity index (χ0) is 10.6. The van der Waals surface area contributed by atoms with Gasteiger partial charge in [0.1, 0.15) is 0 Å². The number of halogens is 3. The summed E-state index contributed by atoms with van der Waals surface area (Å²) >= 11 is 11.7. The fourth-order valence-corrected chi connectivity index (χ4v) is 1.13. The first-order valence-electron chi connectivity index (χ1n) is 3.67. The Hall–Kier alpha value is -0.970. The van der Waals surface area contributed by atoms with Crippen LogP contribution in [0, 0.1) is 0 Å². The van der Waals surface area contributed by atoms with Crippen LogP contribution >= 0.6 is 35.6 Å². The Balaban J connectivity index is 0.00000196. The molecule has 4 nitrogen and oxygen atoms in total. The number of benzene rings is 1. The summed E-state index contributed by atoms with van der Waals surface area (Å²) in [6, 6.07) is 5.19. The lowest BCUT2D eigenvalue weighted by Gasteiger charge is -1.97. The molecule has 0 fully saturated rings. The molecule has 0 unspecified atom stereocenters. The van der Waals surface area contributed by atoms with Crippen molar-refractivity contribution in [1.82, 2.24) is 0 Å². The fraction of sp³-hybridized carbons (Fsp3) is 0. The van der Waals surface area contributed by atoms with Gasteiger partial charge in [-0.15, -0.1) is 17.5 Å². The molecule has 4 N–H and O–H groups in total. The van der Waals surface area contributed by atoms with Crippen molar-refractivity contribution in [3.8, 4) is 0 Å². The van der Waals surface area contributed by atoms with Crippen molar-refractivity contribution >= 4 is 47.8 Å². The molecule has 0 aliphatic heterocycles. The Morgan fingerprint density at radius 1 is 1.27 bits per heavy atom. The summed E-state index contributed by atoms with van der Waals surface area (Å²) in [6.45, 7) is 0. The molecular weight excluding hydrogens is 258 g/mol. The second-order valence-corrected chi connectivity index (χ2v) is 3.20. The van der Waals surface area contributed by atoms with Gasteiger partial charge in [-0.25, -0.2) is 0 Å². The normalized spacial score (nSPS) is 9.73. The minimum atomic E-state index is -0.112. The Bertz CT molecular complexity index is 385. The van der Waals surface area contributed by atoms with Gasteiger partial charge in [0.25, 0.3) is 0 Å². The van der Waals surface area contributed by atoms with Crippen LogP contribution in [0.15, 0.2) is 28.4 Å². The van der Waals surface area contributed by atoms with Crippen LogP contribution in [-0.4, -0.2) is 12.2 Å². The van der Waals surface area contributed by atoms with Crippen LogP contribution in [0.4, 0.5) is 0 Å². The first-order valence-corrected chi connectivity index (χ1v) is 4.43. The molecule has 0 atom stereocenters. The van der Waals surface area contributed by atoms with E-state index in [0.717, 1.165) is 0 Å². The summed E-state index contributed by atoms with van der Waals surface area (Å²) in [4.78, 5) is 0. The van der Waals surface area contributed by atoms with Crippen molar-refractivity contribution in [3.05, 3.63) is 33.8 Å². The molecule has 0 radical (unpaired) electrons. The van der Waals surface area contributed by atoms with E-state index in [9.17, 15) is 0 Å². The van der Waals surface area contributed by atoms with E-state index in [4.69, 9.17) is 34.7 Å². The minimum Gasteiger partial charge on any atom is -0.369 e. The van der Waals surface area contributed by atoms with Gasteiger partial charge in [0, 0.05) is 5.56 Å². The summed E-state index contributed by atoms with van der Waals surface area (Å²) < 4.78 is 0. The molecule has 1 rings (SSSR count). The van der Waals surface area contributed by atoms with Gasteiger partial charge in [-0.3, -0.25) is 0 Å². The number of hydrogen-bond donors (Lipinski definition) is 2. The van der Waals surface area contributed by atoms with Crippen LogP contribution in [-0.2, 0) is 0 Å². The van der Waals surface area contributed by atoms with E-state index < -0.39 is 0 Å². The fourth-order valence-electron chi connectivity index (χ4n) is 0.778. The molecule has 0 bridgehead atoms. The molecule has 0 aromatic heterocycles. The van der Waals surface area contributed by atoms with E-state index in [-0.39, 0.29) is 18.4 Å². The smallest absolute Gasteiger partial charge is 0.211 e. The first-order chi connectivity index (χ1) is 6.61. The third-order valence-corrected chi connectivity index (χ3v) is 2.19. The molecule has 1 aromatic carbocycles. The number of nitrogens with two attached hydrogens (primary N) is 2. The van der Waals surface area contributed by atoms with Gasteiger partial charge < -0.3 is 11.5 Å². The van der Waals surface area contributed by atoms with Crippen molar-refractivity contribution < 1.29 is 0 Å². The van der Waals surface area contributed by atoms with Gasteiger partial charge in [0.2, 0.25) is 5.96 Å². The van der Waals surface area contributed by atoms with E-state index in [1.54, 1.807) is 18.2 Å². The Morgan fingerprint density at radius 3 is 2.53 bits per heavy atom. The van der Waals surface area contributed by atoms with Crippen LogP contribution in [0.5, 0.6) is 0 Å². The third kappa shape index (κ3) is 4.38. The first kappa shape index (κ1) is 14.0. The van der Waals surface area contributed by atoms with Gasteiger partial charge in [-0.1, -0.05) is 35.3 Å². The van der Waals surface area contributed by atoms with Crippen LogP contribution < -0.4 is 11.5 Å². The molecule has 82 valence electrons. The zero-order valence-corrected chi connectivity index (χ0v) is 9.85. The minimum absolute atomic E-state index is 0. The maximum absolute atomic E-state index is 5.87. The topological polar surface area (TPSA) is 76.8 Å². The average molecular weight is 268 g/mol. The SMILES string of the molecule is Cl.NC(N)=NN=Cc1cccc(Cl)c1Cl. The maximum Gasteiger partial charge on any atom is 0.211 e. The molecule has 0 aliphatic rings. The molecule has 0 heterocycles. The van der Waals surface area contributed by atoms with Gasteiger partial charge in [-0.2, -0.15) is 5.10 Å². The standard InChI is InChI=1S/C8H8Cl2N4.ClH/c9-6-3-1-2-5(7(6)10)4-13-14-8(11)12;/h1-4H,(H4,11,12,14);1H. The van der Waals surface area contributed by atoms with Gasteiger partial charge >= 0.3 is 0 Å². The predicted octanol–water partition coefficient (Wildman–Crippen LogP) is 2.02. The molecule has 7 heteroatoms. The van der Waals surface area contributed by atoms with Crippen molar-refractivity contribution in [2.45, 2.75) is 0 Å². The van der Waals surface area contributed by atoms with E-state index >= 15 is 0 Å². The number of guanidine groups is 1. The highest BCUT2D eigenvalue weighted by Crippen LogP contribution is 2.24. The monoisotopic (exact) mass is 266 g/mol. The Kier molecular flexibility index (Phi) is 6.08. The van der Waals surface area contributed by atoms with Crippen LogP contribution in [0.2, 0.25) is 10.0 Å². The highest BCUT2D eigenvalue weighted by molar-refractivity contribution is 6.43. The van der Waals surface area contributed by atoms with Crippen LogP contribution in [0.25, 0.3) is 0 Å². The maximum atomic E-state index is 5.87. The highest BCUT2D eigenvalue weighted by Gasteiger charge is 2.00. The second kappa shape index (κ2) is 6.50. The van der Waals surface area contributed by atoms with Crippen LogP contribution in [0.3, 0.4) is 0 Å². The number of rotatable bonds is 2. The summed E-state index contributed by atoms with van der Waals surface area (Å²) in [6.07, 6.45) is 1.42. The van der Waals surface area contributed by atoms with Crippen LogP contribution in [0.1, 0.15) is 5.56 Å². The number of nitrogens with zero attached hydrogens (tertiary/aromatic N) is 2. The molecule has 0 aliphatic carbocycles. The molecule has 15 heavy (non-hydrogen) atoms. The van der Waals surface area contributed by atoms with E-state index in [2.05, 4.69) is 10.2 Å². The lowest BCUT2D eigenvalue weighted by molar-refractivity contribution is 1.21. The quantitative estimate of drug-likeness (QED) is 0.488. The second-order valence-electron chi connectivity index (χ2n) is 2.41. The molecule has 0 saturated carbocycles. The van der Waals surface area contributed by atoms with Crippen molar-refractivity contribution in [1.29, 1.82) is 0 Å². The van der Waals surface area contributed by atoms with Crippen molar-refractivity contribution in [2.75, 3.05) is 0 Å². The van der Waals surface area contributed by atoms with Crippen molar-refractivity contribution in [3.63, 3.8) is 0 Å². The van der Waals surface area contributed by atoms with Crippen molar-refractivity contribution in [2.24, 2.45) is 21.7 Å². The summed E-state index contributed by atoms with van der Waals surface area (Å²) in [5.74, 6) is -0.112. The Labute approximate surface area is 103 Å². The lowest BCUT2D eigenvalue weighted by Crippen LogP contribution is -2.21. The average Bonchev–Trinajstić information content (AvgIpc) is 2.12. The molecule has 0 saturated heterocycles. The van der Waals surface area contributed by atoms with Gasteiger partial charge in [-0.05, 0) is 6.07 Å². The summed E-state index contributed by atoms with van der Waals surface area (Å²) in [5.41, 5.74) is 10.8. The van der Waals surface area contributed by atoms with Gasteiger partial charge in [0.05, 0.1) is 16.3 Å². The number of hydrogen-bond acceptors (Lipinski definition) is 2. The Morgan fingerprint density at radius 2 is 1.93 bits per heavy atom. The summed E-state index contributed by atoms with van der Waals surface area (Å²) in [7, 11) is 0. The molecule has 0 spiro atoms. The zero-order valence-electron chi connectivity index (χ0n) is 7.52. The van der Waals surface area contributed by atoms with E-state index in [1.807, 2.05) is 0 Å².